The van der Waals surface area contributed by atoms with Gasteiger partial charge in [0.1, 0.15) is 6.33 Å². The van der Waals surface area contributed by atoms with Crippen LogP contribution >= 0.6 is 0 Å². The summed E-state index contributed by atoms with van der Waals surface area (Å²) in [5.41, 5.74) is 9.70. The summed E-state index contributed by atoms with van der Waals surface area (Å²) in [6.45, 7) is 9.45. The molecule has 2 bridgehead atoms. The summed E-state index contributed by atoms with van der Waals surface area (Å²) in [6.07, 6.45) is 8.43. The first-order chi connectivity index (χ1) is 17.7. The van der Waals surface area contributed by atoms with Crippen LogP contribution in [-0.4, -0.2) is 68.0 Å². The summed E-state index contributed by atoms with van der Waals surface area (Å²) in [5, 5.41) is 5.76. The first-order valence-corrected chi connectivity index (χ1v) is 13.6. The van der Waals surface area contributed by atoms with Crippen molar-refractivity contribution in [2.75, 3.05) is 20.6 Å². The molecule has 4 aromatic rings. The third-order valence-corrected chi connectivity index (χ3v) is 9.01. The number of H-pyrrole nitrogens is 1. The van der Waals surface area contributed by atoms with Gasteiger partial charge in [-0.3, -0.25) is 9.69 Å². The quantitative estimate of drug-likeness (QED) is 0.399. The highest BCUT2D eigenvalue weighted by atomic mass is 16.2. The van der Waals surface area contributed by atoms with Crippen LogP contribution in [0.1, 0.15) is 73.6 Å². The number of benzene rings is 1. The van der Waals surface area contributed by atoms with Crippen LogP contribution in [0.3, 0.4) is 0 Å². The van der Waals surface area contributed by atoms with Crippen LogP contribution in [0.25, 0.3) is 27.8 Å². The van der Waals surface area contributed by atoms with Crippen molar-refractivity contribution in [3.05, 3.63) is 53.0 Å². The Morgan fingerprint density at radius 2 is 1.86 bits per heavy atom. The number of piperidine rings is 1. The van der Waals surface area contributed by atoms with Crippen molar-refractivity contribution in [3.8, 4) is 11.3 Å². The smallest absolute Gasteiger partial charge is 0.236 e. The highest BCUT2D eigenvalue weighted by molar-refractivity contribution is 5.92. The molecule has 0 spiro atoms. The van der Waals surface area contributed by atoms with Gasteiger partial charge in [-0.25, -0.2) is 9.50 Å². The molecule has 2 atom stereocenters. The van der Waals surface area contributed by atoms with Crippen LogP contribution in [-0.2, 0) is 4.79 Å². The Bertz CT molecular complexity index is 1480. The van der Waals surface area contributed by atoms with Gasteiger partial charge in [0, 0.05) is 48.8 Å². The molecule has 2 aliphatic rings. The summed E-state index contributed by atoms with van der Waals surface area (Å²) in [6, 6.07) is 8.08. The van der Waals surface area contributed by atoms with Crippen molar-refractivity contribution in [1.29, 1.82) is 0 Å². The normalized spacial score (nSPS) is 22.0. The Morgan fingerprint density at radius 1 is 1.14 bits per heavy atom. The van der Waals surface area contributed by atoms with Crippen LogP contribution in [0.15, 0.2) is 30.7 Å². The molecule has 194 valence electrons. The molecule has 1 amide bonds. The molecular formula is C30H38N6O. The van der Waals surface area contributed by atoms with E-state index in [-0.39, 0.29) is 5.91 Å². The number of carbonyl (C=O) groups is 1. The Hall–Kier alpha value is -3.19. The van der Waals surface area contributed by atoms with E-state index in [9.17, 15) is 4.79 Å². The molecule has 7 nitrogen and oxygen atoms in total. The highest BCUT2D eigenvalue weighted by Crippen LogP contribution is 2.45. The van der Waals surface area contributed by atoms with Crippen molar-refractivity contribution in [2.45, 2.75) is 77.3 Å². The molecular weight excluding hydrogens is 460 g/mol. The van der Waals surface area contributed by atoms with E-state index in [2.05, 4.69) is 72.1 Å². The minimum absolute atomic E-state index is 0.216. The lowest BCUT2D eigenvalue weighted by atomic mass is 9.84. The first-order valence-electron chi connectivity index (χ1n) is 13.6. The van der Waals surface area contributed by atoms with Crippen molar-refractivity contribution >= 4 is 22.5 Å². The van der Waals surface area contributed by atoms with Crippen LogP contribution in [0.2, 0.25) is 0 Å². The number of aryl methyl sites for hydroxylation is 1. The summed E-state index contributed by atoms with van der Waals surface area (Å²) >= 11 is 0. The fourth-order valence-electron chi connectivity index (χ4n) is 6.85. The Balaban J connectivity index is 1.37. The zero-order valence-corrected chi connectivity index (χ0v) is 22.9. The average molecular weight is 499 g/mol. The summed E-state index contributed by atoms with van der Waals surface area (Å²) < 4.78 is 1.89. The van der Waals surface area contributed by atoms with Gasteiger partial charge < -0.3 is 9.88 Å². The Kier molecular flexibility index (Phi) is 5.86. The largest absolute Gasteiger partial charge is 0.354 e. The molecule has 0 saturated carbocycles. The molecule has 6 rings (SSSR count). The first kappa shape index (κ1) is 24.2. The highest BCUT2D eigenvalue weighted by Gasteiger charge is 2.42. The van der Waals surface area contributed by atoms with Gasteiger partial charge in [0.2, 0.25) is 5.91 Å². The van der Waals surface area contributed by atoms with Crippen LogP contribution in [0.4, 0.5) is 0 Å². The maximum atomic E-state index is 12.4. The van der Waals surface area contributed by atoms with Gasteiger partial charge in [0.25, 0.3) is 0 Å². The van der Waals surface area contributed by atoms with E-state index < -0.39 is 0 Å². The topological polar surface area (TPSA) is 69.5 Å². The fraction of sp³-hybridized carbons (Fsp3) is 0.500. The van der Waals surface area contributed by atoms with Gasteiger partial charge in [0.15, 0.2) is 5.65 Å². The zero-order valence-electron chi connectivity index (χ0n) is 22.9. The lowest BCUT2D eigenvalue weighted by Crippen LogP contribution is -2.47. The number of rotatable bonds is 5. The van der Waals surface area contributed by atoms with Crippen molar-refractivity contribution < 1.29 is 4.79 Å². The minimum atomic E-state index is 0.216. The molecule has 2 unspecified atom stereocenters. The number of amides is 1. The average Bonchev–Trinajstić information content (AvgIpc) is 3.54. The van der Waals surface area contributed by atoms with Gasteiger partial charge in [-0.2, -0.15) is 5.10 Å². The molecule has 7 heteroatoms. The maximum absolute atomic E-state index is 12.4. The molecule has 1 aromatic carbocycles. The molecule has 2 fully saturated rings. The summed E-state index contributed by atoms with van der Waals surface area (Å²) in [4.78, 5) is 24.8. The van der Waals surface area contributed by atoms with Crippen molar-refractivity contribution in [1.82, 2.24) is 29.4 Å². The number of aromatic amines is 1. The molecule has 5 heterocycles. The second-order valence-electron chi connectivity index (χ2n) is 11.7. The zero-order chi connectivity index (χ0) is 26.0. The van der Waals surface area contributed by atoms with Gasteiger partial charge in [-0.15, -0.1) is 0 Å². The van der Waals surface area contributed by atoms with Crippen molar-refractivity contribution in [3.63, 3.8) is 0 Å². The minimum Gasteiger partial charge on any atom is -0.354 e. The Labute approximate surface area is 218 Å². The van der Waals surface area contributed by atoms with E-state index in [1.54, 1.807) is 11.2 Å². The molecule has 0 aliphatic carbocycles. The van der Waals surface area contributed by atoms with Crippen LogP contribution in [0, 0.1) is 13.8 Å². The van der Waals surface area contributed by atoms with E-state index in [0.717, 1.165) is 18.5 Å². The lowest BCUT2D eigenvalue weighted by molar-refractivity contribution is -0.131. The number of fused-ring (bicyclic) bond motifs is 4. The predicted molar refractivity (Wildman–Crippen MR) is 148 cm³/mol. The third kappa shape index (κ3) is 3.95. The number of hydrogen-bond acceptors (Lipinski definition) is 4. The van der Waals surface area contributed by atoms with E-state index in [1.807, 2.05) is 18.6 Å². The van der Waals surface area contributed by atoms with Crippen LogP contribution in [0.5, 0.6) is 0 Å². The number of aromatic nitrogens is 4. The number of likely N-dealkylation sites (N-methyl/N-ethyl adjacent to an activating group) is 1. The number of nitrogens with zero attached hydrogens (tertiary/aromatic N) is 5. The van der Waals surface area contributed by atoms with Gasteiger partial charge in [0.05, 0.1) is 12.2 Å². The summed E-state index contributed by atoms with van der Waals surface area (Å²) in [5.74, 6) is 1.13. The van der Waals surface area contributed by atoms with Crippen LogP contribution < -0.4 is 0 Å². The van der Waals surface area contributed by atoms with Crippen molar-refractivity contribution in [2.24, 2.45) is 0 Å². The maximum Gasteiger partial charge on any atom is 0.236 e. The van der Waals surface area contributed by atoms with E-state index in [4.69, 9.17) is 0 Å². The SMILES string of the molecule is Cc1c(-c2[nH]c3ccc(C4CC5CCC(C4)N5CC(=O)N(C)C)cc3c2C(C)C)cn2ncnc2c1C. The van der Waals surface area contributed by atoms with E-state index >= 15 is 0 Å². The molecule has 37 heavy (non-hydrogen) atoms. The second kappa shape index (κ2) is 8.98. The number of nitrogens with one attached hydrogen (secondary N) is 1. The third-order valence-electron chi connectivity index (χ3n) is 9.01. The van der Waals surface area contributed by atoms with Gasteiger partial charge >= 0.3 is 0 Å². The fourth-order valence-corrected chi connectivity index (χ4v) is 6.85. The molecule has 2 saturated heterocycles. The molecule has 3 aromatic heterocycles. The molecule has 2 aliphatic heterocycles. The number of pyridine rings is 1. The number of hydrogen-bond donors (Lipinski definition) is 1. The van der Waals surface area contributed by atoms with E-state index in [0.29, 0.717) is 30.5 Å². The standard InChI is InChI=1S/C30H38N6O/c1-17(2)28-24-13-20(21-11-22-8-9-23(12-21)35(22)15-27(37)34(5)6)7-10-26(24)33-29(28)25-14-36-30(31-16-32-36)19(4)18(25)3/h7,10,13-14,16-17,21-23,33H,8-9,11-12,15H2,1-6H3. The second-order valence-corrected chi connectivity index (χ2v) is 11.7. The number of carbonyl (C=O) groups excluding carboxylic acids is 1. The Morgan fingerprint density at radius 3 is 2.54 bits per heavy atom. The van der Waals surface area contributed by atoms with Gasteiger partial charge in [-0.05, 0) is 85.8 Å². The monoisotopic (exact) mass is 498 g/mol. The predicted octanol–water partition coefficient (Wildman–Crippen LogP) is 5.42. The molecule has 1 N–H and O–H groups in total. The molecule has 0 radical (unpaired) electrons. The van der Waals surface area contributed by atoms with Gasteiger partial charge in [-0.1, -0.05) is 19.9 Å². The lowest BCUT2D eigenvalue weighted by Gasteiger charge is -2.39. The summed E-state index contributed by atoms with van der Waals surface area (Å²) in [7, 11) is 3.72. The van der Waals surface area contributed by atoms with E-state index in [1.165, 1.54) is 57.3 Å².